The molecule has 1 aliphatic rings. The second-order valence-corrected chi connectivity index (χ2v) is 9.34. The van der Waals surface area contributed by atoms with E-state index in [1.165, 1.54) is 29.2 Å². The van der Waals surface area contributed by atoms with Crippen molar-refractivity contribution in [1.29, 1.82) is 0 Å². The lowest BCUT2D eigenvalue weighted by Crippen LogP contribution is -2.31. The van der Waals surface area contributed by atoms with Gasteiger partial charge in [-0.3, -0.25) is 9.59 Å². The van der Waals surface area contributed by atoms with Crippen molar-refractivity contribution in [2.75, 3.05) is 11.5 Å². The molecular weight excluding hydrogens is 439 g/mol. The van der Waals surface area contributed by atoms with Crippen molar-refractivity contribution in [2.45, 2.75) is 22.9 Å². The van der Waals surface area contributed by atoms with Gasteiger partial charge in [-0.1, -0.05) is 35.0 Å². The van der Waals surface area contributed by atoms with E-state index in [2.05, 4.69) is 4.98 Å². The van der Waals surface area contributed by atoms with E-state index in [9.17, 15) is 9.59 Å². The molecule has 1 atom stereocenters. The fourth-order valence-corrected chi connectivity index (χ4v) is 5.65. The average Bonchev–Trinajstić information content (AvgIpc) is 3.17. The summed E-state index contributed by atoms with van der Waals surface area (Å²) < 4.78 is 7.22. The molecule has 1 unspecified atom stereocenters. The van der Waals surface area contributed by atoms with Gasteiger partial charge in [0, 0.05) is 11.4 Å². The van der Waals surface area contributed by atoms with Crippen molar-refractivity contribution in [3.8, 4) is 5.75 Å². The molecule has 2 heterocycles. The first-order chi connectivity index (χ1) is 13.5. The molecule has 1 aliphatic heterocycles. The van der Waals surface area contributed by atoms with Crippen LogP contribution in [0.1, 0.15) is 13.3 Å². The third kappa shape index (κ3) is 3.72. The number of nitrogens with zero attached hydrogens (tertiary/aromatic N) is 2. The van der Waals surface area contributed by atoms with Gasteiger partial charge in [0.15, 0.2) is 4.34 Å². The number of hydrogen-bond acceptors (Lipinski definition) is 6. The minimum atomic E-state index is -0.547. The van der Waals surface area contributed by atoms with Crippen LogP contribution >= 0.6 is 46.3 Å². The summed E-state index contributed by atoms with van der Waals surface area (Å²) in [6.45, 7) is 2.52. The Bertz CT molecular complexity index is 1090. The first-order valence-corrected chi connectivity index (χ1v) is 10.9. The highest BCUT2D eigenvalue weighted by atomic mass is 35.5. The van der Waals surface area contributed by atoms with E-state index < -0.39 is 5.25 Å². The van der Waals surface area contributed by atoms with Gasteiger partial charge in [-0.05, 0) is 43.3 Å². The highest BCUT2D eigenvalue weighted by Gasteiger charge is 2.41. The number of benzene rings is 2. The Morgan fingerprint density at radius 2 is 2.07 bits per heavy atom. The highest BCUT2D eigenvalue weighted by molar-refractivity contribution is 8.02. The Morgan fingerprint density at radius 3 is 2.86 bits per heavy atom. The average molecular weight is 453 g/mol. The van der Waals surface area contributed by atoms with Crippen molar-refractivity contribution >= 4 is 74.0 Å². The van der Waals surface area contributed by atoms with Gasteiger partial charge in [0.25, 0.3) is 0 Å². The second kappa shape index (κ2) is 7.91. The van der Waals surface area contributed by atoms with Crippen LogP contribution in [0, 0.1) is 0 Å². The van der Waals surface area contributed by atoms with Crippen LogP contribution in [-0.2, 0) is 9.59 Å². The minimum Gasteiger partial charge on any atom is -0.494 e. The van der Waals surface area contributed by atoms with E-state index in [0.717, 1.165) is 25.2 Å². The number of ether oxygens (including phenoxy) is 1. The van der Waals surface area contributed by atoms with Gasteiger partial charge in [0.05, 0.1) is 27.5 Å². The molecule has 1 fully saturated rings. The lowest BCUT2D eigenvalue weighted by molar-refractivity contribution is -0.121. The number of fused-ring (bicyclic) bond motifs is 1. The van der Waals surface area contributed by atoms with Gasteiger partial charge < -0.3 is 4.74 Å². The summed E-state index contributed by atoms with van der Waals surface area (Å²) in [5.74, 6) is 0.170. The van der Waals surface area contributed by atoms with Crippen LogP contribution < -0.4 is 9.64 Å². The molecule has 3 aromatic rings. The number of amides is 2. The minimum absolute atomic E-state index is 0.0897. The largest absolute Gasteiger partial charge is 0.494 e. The van der Waals surface area contributed by atoms with Gasteiger partial charge in [0.2, 0.25) is 11.8 Å². The number of carbonyl (C=O) groups is 2. The molecule has 2 aromatic carbocycles. The number of halogens is 2. The lowest BCUT2D eigenvalue weighted by atomic mass is 10.3. The molecular formula is C19H14Cl2N2O3S2. The molecule has 0 N–H and O–H groups in total. The molecule has 0 aliphatic carbocycles. The number of carbonyl (C=O) groups excluding carboxylic acids is 2. The molecule has 5 nitrogen and oxygen atoms in total. The predicted octanol–water partition coefficient (Wildman–Crippen LogP) is 5.43. The smallest absolute Gasteiger partial charge is 0.247 e. The Balaban J connectivity index is 1.57. The van der Waals surface area contributed by atoms with Gasteiger partial charge in [0.1, 0.15) is 11.0 Å². The summed E-state index contributed by atoms with van der Waals surface area (Å²) in [5.41, 5.74) is 1.15. The maximum absolute atomic E-state index is 12.9. The molecule has 0 saturated carbocycles. The van der Waals surface area contributed by atoms with Gasteiger partial charge in [-0.2, -0.15) is 0 Å². The molecule has 0 bridgehead atoms. The summed E-state index contributed by atoms with van der Waals surface area (Å²) in [4.78, 5) is 31.1. The maximum Gasteiger partial charge on any atom is 0.247 e. The quantitative estimate of drug-likeness (QED) is 0.483. The number of anilines is 1. The Morgan fingerprint density at radius 1 is 1.25 bits per heavy atom. The molecule has 0 radical (unpaired) electrons. The Hall–Kier alpha value is -1.80. The first-order valence-electron chi connectivity index (χ1n) is 8.48. The van der Waals surface area contributed by atoms with Crippen LogP contribution in [0.25, 0.3) is 10.2 Å². The van der Waals surface area contributed by atoms with Gasteiger partial charge in [-0.15, -0.1) is 11.3 Å². The number of aromatic nitrogens is 1. The van der Waals surface area contributed by atoms with Crippen molar-refractivity contribution < 1.29 is 14.3 Å². The Kier molecular flexibility index (Phi) is 5.51. The van der Waals surface area contributed by atoms with Crippen molar-refractivity contribution in [3.05, 3.63) is 46.4 Å². The zero-order valence-corrected chi connectivity index (χ0v) is 17.8. The predicted molar refractivity (Wildman–Crippen MR) is 114 cm³/mol. The highest BCUT2D eigenvalue weighted by Crippen LogP contribution is 2.40. The van der Waals surface area contributed by atoms with E-state index in [1.54, 1.807) is 12.1 Å². The third-order valence-corrected chi connectivity index (χ3v) is 7.00. The lowest BCUT2D eigenvalue weighted by Gasteiger charge is -2.16. The monoisotopic (exact) mass is 452 g/mol. The Labute approximate surface area is 179 Å². The van der Waals surface area contributed by atoms with Gasteiger partial charge >= 0.3 is 0 Å². The van der Waals surface area contributed by atoms with Crippen molar-refractivity contribution in [3.63, 3.8) is 0 Å². The van der Waals surface area contributed by atoms with E-state index in [-0.39, 0.29) is 18.2 Å². The normalized spacial score (nSPS) is 17.0. The second-order valence-electron chi connectivity index (χ2n) is 6.02. The van der Waals surface area contributed by atoms with E-state index >= 15 is 0 Å². The molecule has 2 amide bonds. The summed E-state index contributed by atoms with van der Waals surface area (Å²) in [6, 6.07) is 10.4. The van der Waals surface area contributed by atoms with E-state index in [4.69, 9.17) is 27.9 Å². The first kappa shape index (κ1) is 19.5. The number of thiazole rings is 1. The molecule has 4 rings (SSSR count). The fourth-order valence-electron chi connectivity index (χ4n) is 2.92. The molecule has 1 aromatic heterocycles. The third-order valence-electron chi connectivity index (χ3n) is 4.15. The van der Waals surface area contributed by atoms with Crippen LogP contribution in [0.3, 0.4) is 0 Å². The molecule has 1 saturated heterocycles. The number of thioether (sulfide) groups is 1. The molecule has 144 valence electrons. The number of rotatable bonds is 5. The van der Waals surface area contributed by atoms with Crippen LogP contribution in [0.5, 0.6) is 5.75 Å². The number of hydrogen-bond donors (Lipinski definition) is 0. The van der Waals surface area contributed by atoms with Crippen molar-refractivity contribution in [2.24, 2.45) is 0 Å². The zero-order valence-electron chi connectivity index (χ0n) is 14.6. The molecule has 28 heavy (non-hydrogen) atoms. The maximum atomic E-state index is 12.9. The number of imide groups is 1. The topological polar surface area (TPSA) is 59.5 Å². The van der Waals surface area contributed by atoms with Crippen LogP contribution in [0.4, 0.5) is 5.69 Å². The SMILES string of the molecule is CCOc1ccc2nc(SC3CC(=O)N(c4cc(Cl)ccc4Cl)C3=O)sc2c1. The van der Waals surface area contributed by atoms with Crippen LogP contribution in [0.2, 0.25) is 10.0 Å². The van der Waals surface area contributed by atoms with E-state index in [1.807, 2.05) is 25.1 Å². The van der Waals surface area contributed by atoms with Crippen LogP contribution in [-0.4, -0.2) is 28.7 Å². The summed E-state index contributed by atoms with van der Waals surface area (Å²) >= 11 is 14.9. The van der Waals surface area contributed by atoms with E-state index in [0.29, 0.717) is 22.3 Å². The van der Waals surface area contributed by atoms with Crippen molar-refractivity contribution in [1.82, 2.24) is 4.98 Å². The summed E-state index contributed by atoms with van der Waals surface area (Å²) in [6.07, 6.45) is 0.0897. The standard InChI is InChI=1S/C19H14Cl2N2O3S2/c1-2-26-11-4-6-13-15(8-11)27-19(22-13)28-16-9-17(24)23(18(16)25)14-7-10(20)3-5-12(14)21/h3-8,16H,2,9H2,1H3. The fraction of sp³-hybridized carbons (Fsp3) is 0.211. The summed E-state index contributed by atoms with van der Waals surface area (Å²) in [5, 5.41) is 0.169. The van der Waals surface area contributed by atoms with Crippen LogP contribution in [0.15, 0.2) is 40.7 Å². The zero-order chi connectivity index (χ0) is 19.8. The molecule has 9 heteroatoms. The molecule has 0 spiro atoms. The summed E-state index contributed by atoms with van der Waals surface area (Å²) in [7, 11) is 0. The van der Waals surface area contributed by atoms with Gasteiger partial charge in [-0.25, -0.2) is 9.88 Å².